The van der Waals surface area contributed by atoms with Gasteiger partial charge < -0.3 is 15.1 Å². The van der Waals surface area contributed by atoms with E-state index in [4.69, 9.17) is 0 Å². The lowest BCUT2D eigenvalue weighted by molar-refractivity contribution is -0.118. The molecule has 1 N–H and O–H groups in total. The van der Waals surface area contributed by atoms with Gasteiger partial charge in [0, 0.05) is 36.8 Å². The number of carbonyl (C=O) groups excluding carboxylic acids is 2. The molecule has 1 aliphatic heterocycles. The van der Waals surface area contributed by atoms with Gasteiger partial charge in [0.05, 0.1) is 0 Å². The van der Waals surface area contributed by atoms with Crippen LogP contribution in [-0.2, 0) is 4.79 Å². The van der Waals surface area contributed by atoms with Crippen LogP contribution >= 0.6 is 0 Å². The first kappa shape index (κ1) is 17.5. The number of anilines is 1. The van der Waals surface area contributed by atoms with Crippen molar-refractivity contribution in [2.75, 3.05) is 38.0 Å². The number of nitrogens with zero attached hydrogens (tertiary/aromatic N) is 2. The fraction of sp³-hybridized carbons (Fsp3) is 0.556. The summed E-state index contributed by atoms with van der Waals surface area (Å²) in [5.74, 6) is -0.00383. The second kappa shape index (κ2) is 8.11. The summed E-state index contributed by atoms with van der Waals surface area (Å²) >= 11 is 0. The third-order valence-corrected chi connectivity index (χ3v) is 4.25. The Labute approximate surface area is 138 Å². The number of carbonyl (C=O) groups is 2. The lowest BCUT2D eigenvalue weighted by Crippen LogP contribution is -2.35. The van der Waals surface area contributed by atoms with Crippen molar-refractivity contribution < 1.29 is 9.59 Å². The van der Waals surface area contributed by atoms with E-state index >= 15 is 0 Å². The maximum atomic E-state index is 12.6. The molecule has 1 aromatic carbocycles. The molecular weight excluding hydrogens is 290 g/mol. The Hall–Kier alpha value is -1.88. The zero-order valence-corrected chi connectivity index (χ0v) is 14.3. The maximum absolute atomic E-state index is 12.6. The van der Waals surface area contributed by atoms with Crippen LogP contribution in [0.1, 0.15) is 37.6 Å². The van der Waals surface area contributed by atoms with Crippen molar-refractivity contribution >= 4 is 17.5 Å². The van der Waals surface area contributed by atoms with Crippen LogP contribution in [0.2, 0.25) is 0 Å². The molecule has 5 nitrogen and oxygen atoms in total. The molecular formula is C18H27N3O2. The molecule has 0 saturated carbocycles. The Morgan fingerprint density at radius 2 is 1.78 bits per heavy atom. The lowest BCUT2D eigenvalue weighted by atomic mass is 10.1. The van der Waals surface area contributed by atoms with Gasteiger partial charge in [0.15, 0.2) is 0 Å². The Morgan fingerprint density at radius 3 is 2.39 bits per heavy atom. The van der Waals surface area contributed by atoms with Gasteiger partial charge >= 0.3 is 0 Å². The second-order valence-electron chi connectivity index (χ2n) is 6.30. The second-order valence-corrected chi connectivity index (χ2v) is 6.30. The molecule has 2 rings (SSSR count). The van der Waals surface area contributed by atoms with E-state index in [-0.39, 0.29) is 17.7 Å². The average molecular weight is 317 g/mol. The quantitative estimate of drug-likeness (QED) is 0.928. The minimum absolute atomic E-state index is 0.0174. The predicted octanol–water partition coefficient (Wildman–Crippen LogP) is 2.45. The molecule has 0 aliphatic carbocycles. The lowest BCUT2D eigenvalue weighted by Gasteiger charge is -2.21. The Kier molecular flexibility index (Phi) is 6.16. The fourth-order valence-corrected chi connectivity index (χ4v) is 2.66. The highest BCUT2D eigenvalue weighted by Crippen LogP contribution is 2.14. The minimum Gasteiger partial charge on any atom is -0.337 e. The summed E-state index contributed by atoms with van der Waals surface area (Å²) in [5, 5.41) is 2.84. The smallest absolute Gasteiger partial charge is 0.253 e. The Balaban J connectivity index is 1.98. The number of nitrogens with one attached hydrogen (secondary N) is 1. The van der Waals surface area contributed by atoms with E-state index in [1.54, 1.807) is 24.3 Å². The van der Waals surface area contributed by atoms with E-state index in [0.29, 0.717) is 5.56 Å². The number of amides is 2. The first-order valence-corrected chi connectivity index (χ1v) is 8.43. The first-order valence-electron chi connectivity index (χ1n) is 8.43. The molecule has 0 aromatic heterocycles. The highest BCUT2D eigenvalue weighted by atomic mass is 16.2. The third kappa shape index (κ3) is 4.79. The third-order valence-electron chi connectivity index (χ3n) is 4.25. The molecule has 0 unspecified atom stereocenters. The monoisotopic (exact) mass is 317 g/mol. The van der Waals surface area contributed by atoms with Gasteiger partial charge in [-0.25, -0.2) is 0 Å². The van der Waals surface area contributed by atoms with Crippen molar-refractivity contribution in [1.82, 2.24) is 9.80 Å². The van der Waals surface area contributed by atoms with E-state index in [9.17, 15) is 9.59 Å². The van der Waals surface area contributed by atoms with Gasteiger partial charge in [-0.2, -0.15) is 0 Å². The molecule has 0 bridgehead atoms. The van der Waals surface area contributed by atoms with Crippen LogP contribution in [0.15, 0.2) is 24.3 Å². The van der Waals surface area contributed by atoms with E-state index < -0.39 is 0 Å². The van der Waals surface area contributed by atoms with Gasteiger partial charge in [-0.05, 0) is 43.8 Å². The van der Waals surface area contributed by atoms with Crippen LogP contribution in [0.25, 0.3) is 0 Å². The molecule has 1 saturated heterocycles. The molecule has 1 fully saturated rings. The summed E-state index contributed by atoms with van der Waals surface area (Å²) in [6.07, 6.45) is 1.02. The molecule has 0 spiro atoms. The van der Waals surface area contributed by atoms with Gasteiger partial charge in [0.25, 0.3) is 5.91 Å². The number of hydrogen-bond acceptors (Lipinski definition) is 3. The zero-order valence-electron chi connectivity index (χ0n) is 14.3. The predicted molar refractivity (Wildman–Crippen MR) is 92.5 cm³/mol. The topological polar surface area (TPSA) is 52.6 Å². The summed E-state index contributed by atoms with van der Waals surface area (Å²) in [4.78, 5) is 28.6. The summed E-state index contributed by atoms with van der Waals surface area (Å²) in [7, 11) is 0. The van der Waals surface area contributed by atoms with Crippen molar-refractivity contribution in [2.24, 2.45) is 5.92 Å². The average Bonchev–Trinajstić information content (AvgIpc) is 2.80. The van der Waals surface area contributed by atoms with Crippen molar-refractivity contribution in [3.8, 4) is 0 Å². The standard InChI is InChI=1S/C18H27N3O2/c1-4-20-10-5-11-21(13-12-20)18(23)15-6-8-16(9-7-15)19-17(22)14(2)3/h6-9,14H,4-5,10-13H2,1-3H3,(H,19,22). The van der Waals surface area contributed by atoms with Gasteiger partial charge in [-0.3, -0.25) is 9.59 Å². The van der Waals surface area contributed by atoms with E-state index in [2.05, 4.69) is 17.1 Å². The van der Waals surface area contributed by atoms with Gasteiger partial charge in [-0.15, -0.1) is 0 Å². The SMILES string of the molecule is CCN1CCCN(C(=O)c2ccc(NC(=O)C(C)C)cc2)CC1. The largest absolute Gasteiger partial charge is 0.337 e. The molecule has 23 heavy (non-hydrogen) atoms. The fourth-order valence-electron chi connectivity index (χ4n) is 2.66. The van der Waals surface area contributed by atoms with Crippen LogP contribution in [0.4, 0.5) is 5.69 Å². The molecule has 0 atom stereocenters. The molecule has 5 heteroatoms. The Morgan fingerprint density at radius 1 is 1.09 bits per heavy atom. The number of benzene rings is 1. The van der Waals surface area contributed by atoms with E-state index in [1.165, 1.54) is 0 Å². The first-order chi connectivity index (χ1) is 11.0. The molecule has 1 heterocycles. The highest BCUT2D eigenvalue weighted by molar-refractivity contribution is 5.96. The molecule has 0 radical (unpaired) electrons. The van der Waals surface area contributed by atoms with Crippen LogP contribution in [0.3, 0.4) is 0 Å². The van der Waals surface area contributed by atoms with Crippen molar-refractivity contribution in [2.45, 2.75) is 27.2 Å². The summed E-state index contributed by atoms with van der Waals surface area (Å²) in [5.41, 5.74) is 1.41. The molecule has 1 aliphatic rings. The summed E-state index contributed by atoms with van der Waals surface area (Å²) in [6, 6.07) is 7.18. The van der Waals surface area contributed by atoms with Crippen LogP contribution in [-0.4, -0.2) is 54.3 Å². The van der Waals surface area contributed by atoms with Crippen molar-refractivity contribution in [1.29, 1.82) is 0 Å². The normalized spacial score (nSPS) is 16.3. The number of rotatable bonds is 4. The Bertz CT molecular complexity index is 540. The minimum atomic E-state index is -0.0603. The van der Waals surface area contributed by atoms with Gasteiger partial charge in [-0.1, -0.05) is 20.8 Å². The molecule has 2 amide bonds. The van der Waals surface area contributed by atoms with Crippen LogP contribution in [0, 0.1) is 5.92 Å². The van der Waals surface area contributed by atoms with Crippen molar-refractivity contribution in [3.05, 3.63) is 29.8 Å². The van der Waals surface area contributed by atoms with Crippen LogP contribution < -0.4 is 5.32 Å². The summed E-state index contributed by atoms with van der Waals surface area (Å²) in [6.45, 7) is 10.5. The maximum Gasteiger partial charge on any atom is 0.253 e. The van der Waals surface area contributed by atoms with Gasteiger partial charge in [0.2, 0.25) is 5.91 Å². The molecule has 126 valence electrons. The molecule has 1 aromatic rings. The zero-order chi connectivity index (χ0) is 16.8. The van der Waals surface area contributed by atoms with Gasteiger partial charge in [0.1, 0.15) is 0 Å². The van der Waals surface area contributed by atoms with Crippen molar-refractivity contribution in [3.63, 3.8) is 0 Å². The number of likely N-dealkylation sites (N-methyl/N-ethyl adjacent to an activating group) is 1. The van der Waals surface area contributed by atoms with E-state index in [1.807, 2.05) is 18.7 Å². The highest BCUT2D eigenvalue weighted by Gasteiger charge is 2.19. The van der Waals surface area contributed by atoms with Crippen LogP contribution in [0.5, 0.6) is 0 Å². The van der Waals surface area contributed by atoms with E-state index in [0.717, 1.165) is 44.8 Å². The number of hydrogen-bond donors (Lipinski definition) is 1. The summed E-state index contributed by atoms with van der Waals surface area (Å²) < 4.78 is 0.